The van der Waals surface area contributed by atoms with Crippen molar-refractivity contribution in [1.29, 1.82) is 0 Å². The molecular weight excluding hydrogens is 350 g/mol. The first-order chi connectivity index (χ1) is 10.8. The van der Waals surface area contributed by atoms with Crippen molar-refractivity contribution in [3.05, 3.63) is 19.1 Å². The van der Waals surface area contributed by atoms with Gasteiger partial charge in [0.15, 0.2) is 0 Å². The van der Waals surface area contributed by atoms with Crippen LogP contribution < -0.4 is 5.32 Å². The maximum absolute atomic E-state index is 10.9. The Morgan fingerprint density at radius 2 is 1.54 bits per heavy atom. The van der Waals surface area contributed by atoms with E-state index < -0.39 is 12.1 Å². The van der Waals surface area contributed by atoms with E-state index >= 15 is 0 Å². The fourth-order valence-electron chi connectivity index (χ4n) is 0.748. The van der Waals surface area contributed by atoms with E-state index in [4.69, 9.17) is 20.1 Å². The van der Waals surface area contributed by atoms with Gasteiger partial charge in [-0.15, -0.1) is 0 Å². The van der Waals surface area contributed by atoms with Gasteiger partial charge in [0.1, 0.15) is 12.7 Å². The monoisotopic (exact) mass is 386 g/mol. The van der Waals surface area contributed by atoms with Crippen molar-refractivity contribution in [2.75, 3.05) is 39.5 Å². The molecule has 0 saturated heterocycles. The third-order valence-corrected chi connectivity index (χ3v) is 1.49. The molecule has 24 heavy (non-hydrogen) atoms. The molecule has 0 heterocycles. The van der Waals surface area contributed by atoms with Crippen LogP contribution in [0, 0.1) is 6.92 Å². The maximum Gasteiger partial charge on any atom is 0.333 e. The van der Waals surface area contributed by atoms with E-state index in [1.165, 1.54) is 0 Å². The Balaban J connectivity index is -0.000000100. The van der Waals surface area contributed by atoms with E-state index in [9.17, 15) is 9.90 Å². The summed E-state index contributed by atoms with van der Waals surface area (Å²) in [7, 11) is 0. The number of rotatable bonds is 7. The normalized spacial score (nSPS) is 9.38. The van der Waals surface area contributed by atoms with Gasteiger partial charge in [0.25, 0.3) is 0 Å². The number of ether oxygens (including phenoxy) is 1. The summed E-state index contributed by atoms with van der Waals surface area (Å²) in [6.45, 7) is 15.6. The zero-order valence-corrected chi connectivity index (χ0v) is 17.1. The minimum Gasteiger partial charge on any atom is -0.460 e. The molecule has 1 atom stereocenters. The molecule has 0 aliphatic rings. The summed E-state index contributed by atoms with van der Waals surface area (Å²) in [4.78, 5) is 10.9. The number of carbonyl (C=O) groups excluding carboxylic acids is 1. The van der Waals surface area contributed by atoms with Crippen LogP contribution in [0.2, 0.25) is 0 Å². The molecule has 0 aliphatic carbocycles. The topological polar surface area (TPSA) is 119 Å². The molecule has 8 heteroatoms. The second kappa shape index (κ2) is 34.1. The fraction of sp³-hybridized carbons (Fsp3) is 0.750. The second-order valence-electron chi connectivity index (χ2n) is 4.04. The molecule has 0 amide bonds. The first-order valence-corrected chi connectivity index (χ1v) is 7.65. The first-order valence-electron chi connectivity index (χ1n) is 7.65. The van der Waals surface area contributed by atoms with Crippen LogP contribution in [0.15, 0.2) is 12.2 Å². The molecule has 5 N–H and O–H groups in total. The van der Waals surface area contributed by atoms with Gasteiger partial charge >= 0.3 is 5.97 Å². The predicted octanol–water partition coefficient (Wildman–Crippen LogP) is 0.274. The number of carbonyl (C=O) groups is 1. The van der Waals surface area contributed by atoms with Crippen LogP contribution in [0.3, 0.4) is 0 Å². The van der Waals surface area contributed by atoms with Gasteiger partial charge in [0, 0.05) is 53.7 Å². The second-order valence-corrected chi connectivity index (χ2v) is 4.04. The van der Waals surface area contributed by atoms with Gasteiger partial charge in [-0.05, 0) is 34.2 Å². The molecule has 1 unspecified atom stereocenters. The van der Waals surface area contributed by atoms with Gasteiger partial charge in [-0.2, -0.15) is 6.42 Å². The summed E-state index contributed by atoms with van der Waals surface area (Å²) in [5.41, 5.74) is 0.336. The molecule has 0 radical (unpaired) electrons. The molecule has 0 spiro atoms. The molecule has 0 aromatic rings. The number of aliphatic hydroxyl groups is 4. The number of hydrogen-bond acceptors (Lipinski definition) is 7. The van der Waals surface area contributed by atoms with Crippen LogP contribution in [0.25, 0.3) is 0 Å². The van der Waals surface area contributed by atoms with Crippen molar-refractivity contribution in [3.63, 3.8) is 0 Å². The van der Waals surface area contributed by atoms with Crippen molar-refractivity contribution >= 4 is 5.97 Å². The minimum absolute atomic E-state index is 0. The predicted molar refractivity (Wildman–Crippen MR) is 92.9 cm³/mol. The van der Waals surface area contributed by atoms with Crippen LogP contribution in [0.1, 0.15) is 34.1 Å². The van der Waals surface area contributed by atoms with Crippen molar-refractivity contribution in [2.45, 2.75) is 40.2 Å². The van der Waals surface area contributed by atoms with Crippen LogP contribution in [0.5, 0.6) is 0 Å². The van der Waals surface area contributed by atoms with Crippen LogP contribution in [0.4, 0.5) is 0 Å². The Hall–Kier alpha value is -0.276. The van der Waals surface area contributed by atoms with Gasteiger partial charge in [-0.25, -0.2) is 4.79 Å². The molecule has 0 rings (SSSR count). The Labute approximate surface area is 162 Å². The number of esters is 1. The molecule has 7 nitrogen and oxygen atoms in total. The first kappa shape index (κ1) is 34.9. The summed E-state index contributed by atoms with van der Waals surface area (Å²) in [6.07, 6.45) is 0.0861. The summed E-state index contributed by atoms with van der Waals surface area (Å²) >= 11 is 0. The summed E-state index contributed by atoms with van der Waals surface area (Å²) in [5, 5.41) is 35.0. The molecule has 146 valence electrons. The molecule has 0 saturated carbocycles. The third-order valence-electron chi connectivity index (χ3n) is 1.49. The van der Waals surface area contributed by atoms with Gasteiger partial charge in [0.05, 0.1) is 0 Å². The van der Waals surface area contributed by atoms with E-state index in [1.54, 1.807) is 27.7 Å². The number of nitrogens with one attached hydrogen (secondary N) is 1. The Morgan fingerprint density at radius 3 is 1.83 bits per heavy atom. The third kappa shape index (κ3) is 49.5. The number of aliphatic hydroxyl groups excluding tert-OH is 4. The van der Waals surface area contributed by atoms with Crippen molar-refractivity contribution in [2.24, 2.45) is 0 Å². The molecule has 0 fully saturated rings. The average molecular weight is 386 g/mol. The SMILES string of the molecule is C=C(C)C(=O)OCC(O)CNCC[CH2-].CCO.CCO.CCO.[Ti]. The van der Waals surface area contributed by atoms with Crippen molar-refractivity contribution in [1.82, 2.24) is 5.32 Å². The molecular formula is C16H36NO6Ti-. The standard InChI is InChI=1S/C10H18NO3.3C2H6O.Ti/c1-4-5-11-6-9(12)7-14-10(13)8(2)3;3*1-2-3;/h9,11-12H,1-2,4-7H2,3H3;3*3H,2H2,1H3;/q-1;;;;. The van der Waals surface area contributed by atoms with Crippen molar-refractivity contribution < 1.29 is 51.7 Å². The van der Waals surface area contributed by atoms with E-state index in [2.05, 4.69) is 18.8 Å². The summed E-state index contributed by atoms with van der Waals surface area (Å²) < 4.78 is 4.75. The Kier molecular flexibility index (Phi) is 49.7. The van der Waals surface area contributed by atoms with E-state index in [0.717, 1.165) is 13.0 Å². The Bertz CT molecular complexity index is 238. The van der Waals surface area contributed by atoms with Gasteiger partial charge in [0.2, 0.25) is 0 Å². The molecule has 0 aromatic carbocycles. The van der Waals surface area contributed by atoms with E-state index in [-0.39, 0.29) is 48.1 Å². The Morgan fingerprint density at radius 1 is 1.17 bits per heavy atom. The zero-order valence-electron chi connectivity index (χ0n) is 15.5. The molecule has 0 aromatic heterocycles. The smallest absolute Gasteiger partial charge is 0.333 e. The van der Waals surface area contributed by atoms with Gasteiger partial charge < -0.3 is 37.4 Å². The minimum atomic E-state index is -0.676. The molecule has 0 aliphatic heterocycles. The largest absolute Gasteiger partial charge is 0.460 e. The maximum atomic E-state index is 10.9. The summed E-state index contributed by atoms with van der Waals surface area (Å²) in [5.74, 6) is -0.471. The fourth-order valence-corrected chi connectivity index (χ4v) is 0.748. The van der Waals surface area contributed by atoms with Crippen LogP contribution >= 0.6 is 0 Å². The van der Waals surface area contributed by atoms with E-state index in [1.807, 2.05) is 0 Å². The zero-order chi connectivity index (χ0) is 19.1. The average Bonchev–Trinajstić information content (AvgIpc) is 2.47. The molecule has 0 bridgehead atoms. The number of hydrogen-bond donors (Lipinski definition) is 5. The van der Waals surface area contributed by atoms with Gasteiger partial charge in [-0.1, -0.05) is 6.58 Å². The van der Waals surface area contributed by atoms with E-state index in [0.29, 0.717) is 12.1 Å². The van der Waals surface area contributed by atoms with Crippen LogP contribution in [-0.4, -0.2) is 72.0 Å². The summed E-state index contributed by atoms with van der Waals surface area (Å²) in [6, 6.07) is 0. The van der Waals surface area contributed by atoms with Gasteiger partial charge in [-0.3, -0.25) is 0 Å². The quantitative estimate of drug-likeness (QED) is 0.140. The van der Waals surface area contributed by atoms with Crippen molar-refractivity contribution in [3.8, 4) is 0 Å². The van der Waals surface area contributed by atoms with Crippen LogP contribution in [-0.2, 0) is 31.2 Å².